The van der Waals surface area contributed by atoms with Crippen LogP contribution in [0.5, 0.6) is 0 Å². The maximum Gasteiger partial charge on any atom is 0.335 e. The van der Waals surface area contributed by atoms with Crippen LogP contribution in [0.1, 0.15) is 29.3 Å². The molecule has 0 spiro atoms. The Morgan fingerprint density at radius 2 is 2.19 bits per heavy atom. The molecule has 1 unspecified atom stereocenters. The van der Waals surface area contributed by atoms with Crippen molar-refractivity contribution in [2.75, 3.05) is 20.3 Å². The summed E-state index contributed by atoms with van der Waals surface area (Å²) in [6.07, 6.45) is 1.17. The standard InChI is InChI=1S/C14H19NO5S/c1-3-10-4-5-11(14(16)17)8-13(10)21(18,19)15(2)12-6-7-20-9-12/h4-5,8,12H,3,6-7,9H2,1-2H3,(H,16,17). The van der Waals surface area contributed by atoms with Crippen LogP contribution < -0.4 is 0 Å². The van der Waals surface area contributed by atoms with E-state index in [1.54, 1.807) is 6.07 Å². The van der Waals surface area contributed by atoms with Crippen LogP contribution in [0.25, 0.3) is 0 Å². The van der Waals surface area contributed by atoms with Gasteiger partial charge in [-0.2, -0.15) is 4.31 Å². The smallest absolute Gasteiger partial charge is 0.335 e. The van der Waals surface area contributed by atoms with Gasteiger partial charge in [0.15, 0.2) is 0 Å². The van der Waals surface area contributed by atoms with Crippen LogP contribution >= 0.6 is 0 Å². The topological polar surface area (TPSA) is 83.9 Å². The van der Waals surface area contributed by atoms with E-state index in [0.717, 1.165) is 0 Å². The third-order valence-electron chi connectivity index (χ3n) is 3.77. The van der Waals surface area contributed by atoms with E-state index in [1.165, 1.54) is 23.5 Å². The first-order chi connectivity index (χ1) is 9.87. The fraction of sp³-hybridized carbons (Fsp3) is 0.500. The third kappa shape index (κ3) is 3.09. The number of aryl methyl sites for hydroxylation is 1. The molecular formula is C14H19NO5S. The highest BCUT2D eigenvalue weighted by Crippen LogP contribution is 2.25. The van der Waals surface area contributed by atoms with Crippen LogP contribution in [0, 0.1) is 0 Å². The number of hydrogen-bond donors (Lipinski definition) is 1. The zero-order chi connectivity index (χ0) is 15.6. The second-order valence-corrected chi connectivity index (χ2v) is 6.99. The molecule has 1 aromatic carbocycles. The van der Waals surface area contributed by atoms with Gasteiger partial charge in [-0.25, -0.2) is 13.2 Å². The SMILES string of the molecule is CCc1ccc(C(=O)O)cc1S(=O)(=O)N(C)C1CCOC1. The Balaban J connectivity index is 2.46. The Kier molecular flexibility index (Phi) is 4.65. The van der Waals surface area contributed by atoms with Crippen molar-refractivity contribution in [2.45, 2.75) is 30.7 Å². The Morgan fingerprint density at radius 3 is 2.71 bits per heavy atom. The first-order valence-corrected chi connectivity index (χ1v) is 8.24. The lowest BCUT2D eigenvalue weighted by molar-refractivity contribution is 0.0696. The molecule has 1 heterocycles. The van der Waals surface area contributed by atoms with E-state index in [2.05, 4.69) is 0 Å². The number of sulfonamides is 1. The van der Waals surface area contributed by atoms with Gasteiger partial charge in [0.25, 0.3) is 0 Å². The number of rotatable bonds is 5. The number of aromatic carboxylic acids is 1. The average Bonchev–Trinajstić information content (AvgIpc) is 2.99. The summed E-state index contributed by atoms with van der Waals surface area (Å²) in [7, 11) is -2.22. The molecule has 21 heavy (non-hydrogen) atoms. The van der Waals surface area contributed by atoms with Crippen molar-refractivity contribution in [1.82, 2.24) is 4.31 Å². The maximum atomic E-state index is 12.8. The normalized spacial score (nSPS) is 19.1. The van der Waals surface area contributed by atoms with E-state index in [-0.39, 0.29) is 16.5 Å². The van der Waals surface area contributed by atoms with Gasteiger partial charge in [0.2, 0.25) is 10.0 Å². The number of ether oxygens (including phenoxy) is 1. The number of carboxylic acids is 1. The number of hydrogen-bond acceptors (Lipinski definition) is 4. The molecule has 7 heteroatoms. The Labute approximate surface area is 124 Å². The predicted octanol–water partition coefficient (Wildman–Crippen LogP) is 1.36. The molecule has 1 aromatic rings. The van der Waals surface area contributed by atoms with Crippen LogP contribution in [0.4, 0.5) is 0 Å². The van der Waals surface area contributed by atoms with Crippen LogP contribution in [-0.2, 0) is 21.2 Å². The van der Waals surface area contributed by atoms with Gasteiger partial charge in [0, 0.05) is 13.7 Å². The minimum atomic E-state index is -3.73. The molecule has 1 saturated heterocycles. The van der Waals surface area contributed by atoms with Crippen LogP contribution in [0.2, 0.25) is 0 Å². The first kappa shape index (κ1) is 15.9. The minimum Gasteiger partial charge on any atom is -0.478 e. The molecule has 2 rings (SSSR count). The van der Waals surface area contributed by atoms with E-state index in [9.17, 15) is 13.2 Å². The fourth-order valence-corrected chi connectivity index (χ4v) is 4.07. The minimum absolute atomic E-state index is 0.0261. The predicted molar refractivity (Wildman–Crippen MR) is 77.0 cm³/mol. The number of nitrogens with zero attached hydrogens (tertiary/aromatic N) is 1. The van der Waals surface area contributed by atoms with Crippen molar-refractivity contribution in [3.05, 3.63) is 29.3 Å². The zero-order valence-electron chi connectivity index (χ0n) is 12.1. The lowest BCUT2D eigenvalue weighted by Gasteiger charge is -2.24. The summed E-state index contributed by atoms with van der Waals surface area (Å²) in [5.41, 5.74) is 0.590. The molecule has 0 bridgehead atoms. The Morgan fingerprint density at radius 1 is 1.48 bits per heavy atom. The largest absolute Gasteiger partial charge is 0.478 e. The summed E-state index contributed by atoms with van der Waals surface area (Å²) in [6, 6.07) is 4.03. The second-order valence-electron chi connectivity index (χ2n) is 5.02. The summed E-state index contributed by atoms with van der Waals surface area (Å²) in [6.45, 7) is 2.75. The Bertz CT molecular complexity index is 635. The van der Waals surface area contributed by atoms with Crippen molar-refractivity contribution >= 4 is 16.0 Å². The lowest BCUT2D eigenvalue weighted by Crippen LogP contribution is -2.37. The van der Waals surface area contributed by atoms with E-state index >= 15 is 0 Å². The number of benzene rings is 1. The van der Waals surface area contributed by atoms with Crippen molar-refractivity contribution in [3.8, 4) is 0 Å². The second kappa shape index (κ2) is 6.13. The van der Waals surface area contributed by atoms with Crippen molar-refractivity contribution in [1.29, 1.82) is 0 Å². The third-order valence-corrected chi connectivity index (χ3v) is 5.76. The molecule has 1 atom stereocenters. The highest BCUT2D eigenvalue weighted by atomic mass is 32.2. The van der Waals surface area contributed by atoms with Gasteiger partial charge in [0.1, 0.15) is 0 Å². The number of carboxylic acid groups (broad SMARTS) is 1. The van der Waals surface area contributed by atoms with Gasteiger partial charge in [-0.3, -0.25) is 0 Å². The first-order valence-electron chi connectivity index (χ1n) is 6.80. The lowest BCUT2D eigenvalue weighted by atomic mass is 10.1. The van der Waals surface area contributed by atoms with Crippen molar-refractivity contribution in [3.63, 3.8) is 0 Å². The van der Waals surface area contributed by atoms with Crippen LogP contribution in [0.3, 0.4) is 0 Å². The molecule has 1 N–H and O–H groups in total. The molecule has 0 aliphatic carbocycles. The van der Waals surface area contributed by atoms with E-state index < -0.39 is 16.0 Å². The molecule has 6 nitrogen and oxygen atoms in total. The van der Waals surface area contributed by atoms with E-state index in [1.807, 2.05) is 6.92 Å². The molecule has 1 aliphatic rings. The molecule has 1 fully saturated rings. The zero-order valence-corrected chi connectivity index (χ0v) is 12.9. The van der Waals surface area contributed by atoms with E-state index in [4.69, 9.17) is 9.84 Å². The monoisotopic (exact) mass is 313 g/mol. The molecule has 0 amide bonds. The molecule has 116 valence electrons. The van der Waals surface area contributed by atoms with Gasteiger partial charge in [0.05, 0.1) is 23.1 Å². The van der Waals surface area contributed by atoms with E-state index in [0.29, 0.717) is 31.6 Å². The summed E-state index contributed by atoms with van der Waals surface area (Å²) < 4.78 is 32.0. The summed E-state index contributed by atoms with van der Waals surface area (Å²) in [5, 5.41) is 9.06. The van der Waals surface area contributed by atoms with Gasteiger partial charge >= 0.3 is 5.97 Å². The average molecular weight is 313 g/mol. The Hall–Kier alpha value is -1.44. The molecule has 0 aromatic heterocycles. The highest BCUT2D eigenvalue weighted by molar-refractivity contribution is 7.89. The van der Waals surface area contributed by atoms with Crippen LogP contribution in [-0.4, -0.2) is 50.1 Å². The van der Waals surface area contributed by atoms with Gasteiger partial charge < -0.3 is 9.84 Å². The summed E-state index contributed by atoms with van der Waals surface area (Å²) in [5.74, 6) is -1.14. The molecule has 0 saturated carbocycles. The highest BCUT2D eigenvalue weighted by Gasteiger charge is 2.32. The quantitative estimate of drug-likeness (QED) is 0.887. The fourth-order valence-electron chi connectivity index (χ4n) is 2.38. The summed E-state index contributed by atoms with van der Waals surface area (Å²) >= 11 is 0. The maximum absolute atomic E-state index is 12.8. The van der Waals surface area contributed by atoms with Gasteiger partial charge in [-0.15, -0.1) is 0 Å². The van der Waals surface area contributed by atoms with Crippen LogP contribution in [0.15, 0.2) is 23.1 Å². The van der Waals surface area contributed by atoms with Crippen molar-refractivity contribution in [2.24, 2.45) is 0 Å². The number of carbonyl (C=O) groups is 1. The van der Waals surface area contributed by atoms with Gasteiger partial charge in [-0.1, -0.05) is 13.0 Å². The van der Waals surface area contributed by atoms with Gasteiger partial charge in [-0.05, 0) is 30.5 Å². The number of likely N-dealkylation sites (N-methyl/N-ethyl adjacent to an activating group) is 1. The summed E-state index contributed by atoms with van der Waals surface area (Å²) in [4.78, 5) is 11.1. The molecular weight excluding hydrogens is 294 g/mol. The molecule has 1 aliphatic heterocycles. The molecule has 0 radical (unpaired) electrons. The van der Waals surface area contributed by atoms with Crippen molar-refractivity contribution < 1.29 is 23.1 Å².